The van der Waals surface area contributed by atoms with Crippen LogP contribution in [0.5, 0.6) is 0 Å². The average Bonchev–Trinajstić information content (AvgIpc) is 2.60. The van der Waals surface area contributed by atoms with Crippen molar-refractivity contribution >= 4 is 30.8 Å². The van der Waals surface area contributed by atoms with Gasteiger partial charge in [-0.3, -0.25) is 0 Å². The molecule has 0 radical (unpaired) electrons. The molecule has 1 aliphatic rings. The molecule has 2 N–H and O–H groups in total. The molecule has 1 aromatic rings. The van der Waals surface area contributed by atoms with Crippen LogP contribution in [0.4, 0.5) is 5.95 Å². The van der Waals surface area contributed by atoms with E-state index >= 15 is 0 Å². The highest BCUT2D eigenvalue weighted by Gasteiger charge is 2.30. The molecule has 2 atom stereocenters. The SMILES string of the molecule is CCC[C@H]1CN(c2nc(C)cc(C)n2)C[C@@H]1N.Cl.Cl. The Bertz CT molecular complexity index is 380. The molecule has 1 aliphatic heterocycles. The number of aryl methyl sites for hydroxylation is 2. The second-order valence-corrected chi connectivity index (χ2v) is 5.07. The fourth-order valence-electron chi connectivity index (χ4n) is 2.58. The molecule has 110 valence electrons. The van der Waals surface area contributed by atoms with E-state index in [4.69, 9.17) is 5.73 Å². The third-order valence-corrected chi connectivity index (χ3v) is 3.40. The standard InChI is InChI=1S/C13H22N4.2ClH/c1-4-5-11-7-17(8-12(11)14)13-15-9(2)6-10(3)16-13;;/h6,11-12H,4-5,7-8,14H2,1-3H3;2*1H/t11-,12-;;/m0../s1. The lowest BCUT2D eigenvalue weighted by atomic mass is 9.99. The largest absolute Gasteiger partial charge is 0.339 e. The van der Waals surface area contributed by atoms with Gasteiger partial charge >= 0.3 is 0 Å². The number of nitrogens with zero attached hydrogens (tertiary/aromatic N) is 3. The summed E-state index contributed by atoms with van der Waals surface area (Å²) in [7, 11) is 0. The predicted octanol–water partition coefficient (Wildman–Crippen LogP) is 2.50. The van der Waals surface area contributed by atoms with Crippen LogP contribution in [-0.4, -0.2) is 29.1 Å². The Balaban J connectivity index is 0.00000162. The summed E-state index contributed by atoms with van der Waals surface area (Å²) >= 11 is 0. The van der Waals surface area contributed by atoms with Crippen molar-refractivity contribution in [2.75, 3.05) is 18.0 Å². The molecule has 6 heteroatoms. The average molecular weight is 307 g/mol. The van der Waals surface area contributed by atoms with Gasteiger partial charge in [-0.15, -0.1) is 24.8 Å². The Hall–Kier alpha value is -0.580. The van der Waals surface area contributed by atoms with Crippen LogP contribution in [0, 0.1) is 19.8 Å². The first-order chi connectivity index (χ1) is 8.10. The Labute approximate surface area is 128 Å². The number of anilines is 1. The van der Waals surface area contributed by atoms with Crippen molar-refractivity contribution in [3.63, 3.8) is 0 Å². The minimum Gasteiger partial charge on any atom is -0.339 e. The molecular weight excluding hydrogens is 283 g/mol. The summed E-state index contributed by atoms with van der Waals surface area (Å²) in [6.07, 6.45) is 2.39. The maximum absolute atomic E-state index is 6.17. The van der Waals surface area contributed by atoms with Gasteiger partial charge in [-0.2, -0.15) is 0 Å². The van der Waals surface area contributed by atoms with E-state index in [1.807, 2.05) is 19.9 Å². The highest BCUT2D eigenvalue weighted by molar-refractivity contribution is 5.85. The topological polar surface area (TPSA) is 55.0 Å². The van der Waals surface area contributed by atoms with Gasteiger partial charge in [0.05, 0.1) is 0 Å². The van der Waals surface area contributed by atoms with Gasteiger partial charge in [0.25, 0.3) is 0 Å². The second-order valence-electron chi connectivity index (χ2n) is 5.07. The van der Waals surface area contributed by atoms with Crippen LogP contribution in [-0.2, 0) is 0 Å². The van der Waals surface area contributed by atoms with Crippen molar-refractivity contribution in [3.8, 4) is 0 Å². The Morgan fingerprint density at radius 1 is 1.21 bits per heavy atom. The Morgan fingerprint density at radius 2 is 1.79 bits per heavy atom. The molecule has 4 nitrogen and oxygen atoms in total. The fraction of sp³-hybridized carbons (Fsp3) is 0.692. The molecule has 2 heterocycles. The van der Waals surface area contributed by atoms with E-state index in [2.05, 4.69) is 21.8 Å². The van der Waals surface area contributed by atoms with E-state index in [1.54, 1.807) is 0 Å². The van der Waals surface area contributed by atoms with Crippen molar-refractivity contribution in [2.45, 2.75) is 39.7 Å². The first-order valence-corrected chi connectivity index (χ1v) is 6.43. The summed E-state index contributed by atoms with van der Waals surface area (Å²) in [5.41, 5.74) is 8.23. The molecule has 0 spiro atoms. The van der Waals surface area contributed by atoms with E-state index in [1.165, 1.54) is 12.8 Å². The third kappa shape index (κ3) is 4.48. The van der Waals surface area contributed by atoms with Crippen LogP contribution in [0.25, 0.3) is 0 Å². The molecule has 1 fully saturated rings. The van der Waals surface area contributed by atoms with E-state index < -0.39 is 0 Å². The van der Waals surface area contributed by atoms with Gasteiger partial charge in [-0.1, -0.05) is 13.3 Å². The second kappa shape index (κ2) is 7.88. The van der Waals surface area contributed by atoms with Crippen molar-refractivity contribution in [2.24, 2.45) is 11.7 Å². The molecule has 0 aromatic carbocycles. The molecule has 0 unspecified atom stereocenters. The molecular formula is C13H24Cl2N4. The van der Waals surface area contributed by atoms with Crippen molar-refractivity contribution in [3.05, 3.63) is 17.5 Å². The van der Waals surface area contributed by atoms with E-state index in [0.29, 0.717) is 5.92 Å². The Kier molecular flexibility index (Phi) is 7.64. The molecule has 0 saturated carbocycles. The maximum Gasteiger partial charge on any atom is 0.225 e. The summed E-state index contributed by atoms with van der Waals surface area (Å²) in [5, 5.41) is 0. The molecule has 0 aliphatic carbocycles. The van der Waals surface area contributed by atoms with E-state index in [0.717, 1.165) is 30.4 Å². The maximum atomic E-state index is 6.17. The summed E-state index contributed by atoms with van der Waals surface area (Å²) in [5.74, 6) is 1.43. The van der Waals surface area contributed by atoms with Crippen LogP contribution in [0.15, 0.2) is 6.07 Å². The molecule has 1 aromatic heterocycles. The number of hydrogen-bond donors (Lipinski definition) is 1. The molecule has 19 heavy (non-hydrogen) atoms. The zero-order valence-corrected chi connectivity index (χ0v) is 13.4. The first-order valence-electron chi connectivity index (χ1n) is 6.43. The lowest BCUT2D eigenvalue weighted by molar-refractivity contribution is 0.472. The van der Waals surface area contributed by atoms with Gasteiger partial charge < -0.3 is 10.6 Å². The van der Waals surface area contributed by atoms with Crippen LogP contribution in [0.1, 0.15) is 31.2 Å². The summed E-state index contributed by atoms with van der Waals surface area (Å²) in [6, 6.07) is 2.27. The minimum atomic E-state index is 0. The number of aromatic nitrogens is 2. The summed E-state index contributed by atoms with van der Waals surface area (Å²) in [6.45, 7) is 8.11. The van der Waals surface area contributed by atoms with Crippen molar-refractivity contribution in [1.82, 2.24) is 9.97 Å². The van der Waals surface area contributed by atoms with Gasteiger partial charge in [0.2, 0.25) is 5.95 Å². The van der Waals surface area contributed by atoms with Crippen LogP contribution < -0.4 is 10.6 Å². The summed E-state index contributed by atoms with van der Waals surface area (Å²) in [4.78, 5) is 11.2. The van der Waals surface area contributed by atoms with E-state index in [-0.39, 0.29) is 30.9 Å². The lowest BCUT2D eigenvalue weighted by Crippen LogP contribution is -2.30. The predicted molar refractivity (Wildman–Crippen MR) is 84.6 cm³/mol. The zero-order valence-electron chi connectivity index (χ0n) is 11.8. The van der Waals surface area contributed by atoms with E-state index in [9.17, 15) is 0 Å². The quantitative estimate of drug-likeness (QED) is 0.932. The number of rotatable bonds is 3. The highest BCUT2D eigenvalue weighted by Crippen LogP contribution is 2.23. The molecule has 1 saturated heterocycles. The molecule has 0 bridgehead atoms. The van der Waals surface area contributed by atoms with Gasteiger partial charge in [0.15, 0.2) is 0 Å². The molecule has 0 amide bonds. The monoisotopic (exact) mass is 306 g/mol. The normalized spacial score (nSPS) is 21.8. The van der Waals surface area contributed by atoms with Crippen LogP contribution in [0.2, 0.25) is 0 Å². The van der Waals surface area contributed by atoms with Gasteiger partial charge in [0, 0.05) is 30.5 Å². The van der Waals surface area contributed by atoms with Gasteiger partial charge in [-0.25, -0.2) is 9.97 Å². The van der Waals surface area contributed by atoms with Crippen molar-refractivity contribution in [1.29, 1.82) is 0 Å². The van der Waals surface area contributed by atoms with Crippen molar-refractivity contribution < 1.29 is 0 Å². The highest BCUT2D eigenvalue weighted by atomic mass is 35.5. The fourth-order valence-corrected chi connectivity index (χ4v) is 2.58. The van der Waals surface area contributed by atoms with Crippen LogP contribution in [0.3, 0.4) is 0 Å². The number of hydrogen-bond acceptors (Lipinski definition) is 4. The third-order valence-electron chi connectivity index (χ3n) is 3.40. The van der Waals surface area contributed by atoms with Gasteiger partial charge in [-0.05, 0) is 32.3 Å². The Morgan fingerprint density at radius 3 is 2.32 bits per heavy atom. The smallest absolute Gasteiger partial charge is 0.225 e. The summed E-state index contributed by atoms with van der Waals surface area (Å²) < 4.78 is 0. The number of nitrogens with two attached hydrogens (primary N) is 1. The first kappa shape index (κ1) is 18.4. The number of halogens is 2. The van der Waals surface area contributed by atoms with Gasteiger partial charge in [0.1, 0.15) is 0 Å². The lowest BCUT2D eigenvalue weighted by Gasteiger charge is -2.16. The zero-order chi connectivity index (χ0) is 12.4. The minimum absolute atomic E-state index is 0. The molecule has 2 rings (SSSR count). The van der Waals surface area contributed by atoms with Crippen LogP contribution >= 0.6 is 24.8 Å².